The van der Waals surface area contributed by atoms with Crippen molar-refractivity contribution >= 4 is 11.9 Å². The number of amides is 1. The van der Waals surface area contributed by atoms with Crippen LogP contribution in [-0.2, 0) is 22.4 Å². The molecule has 0 fully saturated rings. The van der Waals surface area contributed by atoms with Gasteiger partial charge in [-0.1, -0.05) is 54.6 Å². The molecule has 0 bridgehead atoms. The first-order chi connectivity index (χ1) is 13.6. The van der Waals surface area contributed by atoms with E-state index >= 15 is 0 Å². The van der Waals surface area contributed by atoms with Crippen LogP contribution in [-0.4, -0.2) is 43.6 Å². The molecule has 0 aliphatic carbocycles. The number of carbonyl (C=O) groups is 2. The Morgan fingerprint density at radius 1 is 1.04 bits per heavy atom. The lowest BCUT2D eigenvalue weighted by Gasteiger charge is -2.17. The first-order valence-electron chi connectivity index (χ1n) is 8.98. The summed E-state index contributed by atoms with van der Waals surface area (Å²) in [6.45, 7) is 0. The zero-order valence-corrected chi connectivity index (χ0v) is 15.2. The number of aliphatic carboxylic acids is 1. The number of H-pyrrole nitrogens is 1. The Morgan fingerprint density at radius 3 is 2.39 bits per heavy atom. The van der Waals surface area contributed by atoms with Crippen LogP contribution in [0.2, 0.25) is 0 Å². The molecule has 144 valence electrons. The van der Waals surface area contributed by atoms with Gasteiger partial charge in [-0.2, -0.15) is 0 Å². The van der Waals surface area contributed by atoms with Crippen LogP contribution in [0.3, 0.4) is 0 Å². The number of aryl methyl sites for hydroxylation is 1. The first kappa shape index (κ1) is 19.2. The smallest absolute Gasteiger partial charge is 0.305 e. The summed E-state index contributed by atoms with van der Waals surface area (Å²) in [5.74, 6) is -0.671. The van der Waals surface area contributed by atoms with Crippen molar-refractivity contribution in [3.8, 4) is 11.1 Å². The van der Waals surface area contributed by atoms with Crippen LogP contribution in [0.1, 0.15) is 24.2 Å². The third-order valence-corrected chi connectivity index (χ3v) is 4.31. The highest BCUT2D eigenvalue weighted by Crippen LogP contribution is 2.20. The average molecular weight is 379 g/mol. The second-order valence-electron chi connectivity index (χ2n) is 6.48. The van der Waals surface area contributed by atoms with Gasteiger partial charge in [-0.3, -0.25) is 9.59 Å². The number of hydrogen-bond acceptors (Lipinski definition) is 5. The summed E-state index contributed by atoms with van der Waals surface area (Å²) in [7, 11) is 0. The quantitative estimate of drug-likeness (QED) is 0.523. The van der Waals surface area contributed by atoms with Gasteiger partial charge in [0, 0.05) is 18.9 Å². The number of carboxylic acids is 1. The summed E-state index contributed by atoms with van der Waals surface area (Å²) >= 11 is 0. The van der Waals surface area contributed by atoms with E-state index in [0.717, 1.165) is 16.7 Å². The highest BCUT2D eigenvalue weighted by Gasteiger charge is 2.17. The summed E-state index contributed by atoms with van der Waals surface area (Å²) < 4.78 is 0. The molecule has 0 aliphatic heterocycles. The lowest BCUT2D eigenvalue weighted by Crippen LogP contribution is -2.38. The molecule has 0 aliphatic rings. The molecule has 8 heteroatoms. The number of carboxylic acid groups (broad SMARTS) is 1. The number of tetrazole rings is 1. The van der Waals surface area contributed by atoms with Crippen molar-refractivity contribution in [2.24, 2.45) is 0 Å². The molecule has 1 heterocycles. The molecule has 2 aromatic carbocycles. The van der Waals surface area contributed by atoms with Crippen molar-refractivity contribution in [2.45, 2.75) is 31.7 Å². The van der Waals surface area contributed by atoms with E-state index < -0.39 is 12.0 Å². The molecule has 0 spiro atoms. The lowest BCUT2D eigenvalue weighted by atomic mass is 9.99. The van der Waals surface area contributed by atoms with Crippen molar-refractivity contribution in [2.75, 3.05) is 0 Å². The van der Waals surface area contributed by atoms with E-state index in [1.807, 2.05) is 54.6 Å². The molecule has 28 heavy (non-hydrogen) atoms. The van der Waals surface area contributed by atoms with Gasteiger partial charge in [-0.15, -0.1) is 5.10 Å². The number of aromatic nitrogens is 4. The maximum atomic E-state index is 12.2. The lowest BCUT2D eigenvalue weighted by molar-refractivity contribution is -0.137. The fourth-order valence-corrected chi connectivity index (χ4v) is 2.95. The summed E-state index contributed by atoms with van der Waals surface area (Å²) in [5.41, 5.74) is 3.17. The zero-order valence-electron chi connectivity index (χ0n) is 15.2. The molecule has 0 saturated heterocycles. The van der Waals surface area contributed by atoms with E-state index in [-0.39, 0.29) is 18.7 Å². The van der Waals surface area contributed by atoms with Crippen LogP contribution < -0.4 is 5.32 Å². The fraction of sp³-hybridized carbons (Fsp3) is 0.250. The predicted molar refractivity (Wildman–Crippen MR) is 102 cm³/mol. The maximum absolute atomic E-state index is 12.2. The summed E-state index contributed by atoms with van der Waals surface area (Å²) in [6, 6.07) is 17.4. The van der Waals surface area contributed by atoms with Gasteiger partial charge in [-0.25, -0.2) is 5.10 Å². The molecular weight excluding hydrogens is 358 g/mol. The largest absolute Gasteiger partial charge is 0.481 e. The summed E-state index contributed by atoms with van der Waals surface area (Å²) in [6.07, 6.45) is 0.845. The maximum Gasteiger partial charge on any atom is 0.305 e. The van der Waals surface area contributed by atoms with Crippen molar-refractivity contribution in [3.05, 3.63) is 66.0 Å². The van der Waals surface area contributed by atoms with E-state index in [9.17, 15) is 9.59 Å². The van der Waals surface area contributed by atoms with Crippen LogP contribution >= 0.6 is 0 Å². The minimum absolute atomic E-state index is 0.143. The number of benzene rings is 2. The van der Waals surface area contributed by atoms with Crippen molar-refractivity contribution < 1.29 is 14.7 Å². The number of nitrogens with zero attached hydrogens (tertiary/aromatic N) is 3. The molecule has 0 radical (unpaired) electrons. The van der Waals surface area contributed by atoms with E-state index in [0.29, 0.717) is 18.7 Å². The van der Waals surface area contributed by atoms with E-state index in [1.54, 1.807) is 0 Å². The Hall–Kier alpha value is -3.55. The molecular formula is C20H21N5O3. The SMILES string of the molecule is O=C(O)CC(Cc1ccc(-c2ccccc2)cc1)NC(=O)CCc1nnn[nH]1. The summed E-state index contributed by atoms with van der Waals surface area (Å²) in [4.78, 5) is 23.4. The van der Waals surface area contributed by atoms with Crippen LogP contribution in [0.4, 0.5) is 0 Å². The molecule has 0 saturated carbocycles. The Labute approximate surface area is 162 Å². The monoisotopic (exact) mass is 379 g/mol. The second-order valence-corrected chi connectivity index (χ2v) is 6.48. The zero-order chi connectivity index (χ0) is 19.8. The third-order valence-electron chi connectivity index (χ3n) is 4.31. The number of nitrogens with one attached hydrogen (secondary N) is 2. The van der Waals surface area contributed by atoms with Gasteiger partial charge < -0.3 is 10.4 Å². The number of hydrogen-bond donors (Lipinski definition) is 3. The normalized spacial score (nSPS) is 11.7. The minimum atomic E-state index is -0.953. The van der Waals surface area contributed by atoms with Crippen LogP contribution in [0.5, 0.6) is 0 Å². The minimum Gasteiger partial charge on any atom is -0.481 e. The van der Waals surface area contributed by atoms with Crippen molar-refractivity contribution in [1.29, 1.82) is 0 Å². The van der Waals surface area contributed by atoms with Gasteiger partial charge in [0.15, 0.2) is 0 Å². The van der Waals surface area contributed by atoms with E-state index in [2.05, 4.69) is 25.9 Å². The van der Waals surface area contributed by atoms with Gasteiger partial charge in [0.25, 0.3) is 0 Å². The van der Waals surface area contributed by atoms with E-state index in [1.165, 1.54) is 0 Å². The van der Waals surface area contributed by atoms with Gasteiger partial charge >= 0.3 is 5.97 Å². The number of rotatable bonds is 9. The number of aromatic amines is 1. The topological polar surface area (TPSA) is 121 Å². The third kappa shape index (κ3) is 5.73. The van der Waals surface area contributed by atoms with Gasteiger partial charge in [0.05, 0.1) is 6.42 Å². The second kappa shape index (κ2) is 9.40. The molecule has 8 nitrogen and oxygen atoms in total. The van der Waals surface area contributed by atoms with Gasteiger partial charge in [0.1, 0.15) is 5.82 Å². The first-order valence-corrected chi connectivity index (χ1v) is 8.98. The molecule has 1 atom stereocenters. The fourth-order valence-electron chi connectivity index (χ4n) is 2.95. The predicted octanol–water partition coefficient (Wildman–Crippen LogP) is 2.00. The Balaban J connectivity index is 1.60. The van der Waals surface area contributed by atoms with Crippen LogP contribution in [0.25, 0.3) is 11.1 Å². The number of carbonyl (C=O) groups excluding carboxylic acids is 1. The molecule has 3 aromatic rings. The van der Waals surface area contributed by atoms with Crippen molar-refractivity contribution in [1.82, 2.24) is 25.9 Å². The Bertz CT molecular complexity index is 895. The summed E-state index contributed by atoms with van der Waals surface area (Å²) in [5, 5.41) is 25.2. The Morgan fingerprint density at radius 2 is 1.75 bits per heavy atom. The van der Waals surface area contributed by atoms with Crippen molar-refractivity contribution in [3.63, 3.8) is 0 Å². The van der Waals surface area contributed by atoms with Crippen LogP contribution in [0, 0.1) is 0 Å². The van der Waals surface area contributed by atoms with Gasteiger partial charge in [-0.05, 0) is 33.5 Å². The molecule has 3 rings (SSSR count). The molecule has 1 aromatic heterocycles. The Kier molecular flexibility index (Phi) is 6.46. The highest BCUT2D eigenvalue weighted by atomic mass is 16.4. The molecule has 1 unspecified atom stereocenters. The standard InChI is InChI=1S/C20H21N5O3/c26-19(11-10-18-22-24-25-23-18)21-17(13-20(27)28)12-14-6-8-16(9-7-14)15-4-2-1-3-5-15/h1-9,17H,10-13H2,(H,21,26)(H,27,28)(H,22,23,24,25). The highest BCUT2D eigenvalue weighted by molar-refractivity contribution is 5.77. The molecule has 3 N–H and O–H groups in total. The average Bonchev–Trinajstić information content (AvgIpc) is 3.21. The van der Waals surface area contributed by atoms with E-state index in [4.69, 9.17) is 5.11 Å². The van der Waals surface area contributed by atoms with Gasteiger partial charge in [0.2, 0.25) is 5.91 Å². The van der Waals surface area contributed by atoms with Crippen LogP contribution in [0.15, 0.2) is 54.6 Å². The molecule has 1 amide bonds.